The average Bonchev–Trinajstić information content (AvgIpc) is 2.90. The number of ketones is 1. The molecule has 4 rings (SSSR count). The Hall–Kier alpha value is -3.52. The van der Waals surface area contributed by atoms with Crippen LogP contribution < -0.4 is 14.8 Å². The Balaban J connectivity index is 1.77. The number of allylic oxidation sites excluding steroid dienone is 3. The fraction of sp³-hybridized carbons (Fsp3) is 0.367. The monoisotopic (exact) mass is 535 g/mol. The number of thioether (sulfide) groups is 1. The number of hydrogen-bond acceptors (Lipinski definition) is 8. The Bertz CT molecular complexity index is 1280. The first-order valence-electron chi connectivity index (χ1n) is 12.7. The number of nitrogens with one attached hydrogen (secondary N) is 1. The van der Waals surface area contributed by atoms with Crippen LogP contribution in [-0.4, -0.2) is 42.9 Å². The van der Waals surface area contributed by atoms with Crippen molar-refractivity contribution in [3.8, 4) is 11.5 Å². The SMILES string of the molecule is CCSCCOC(=O)C1=C(C)NC2=C(C(=O)C[C@@H](c3ccccc3)C2)[C@H]1c1ccc(OC(C)=O)c(OC)c1. The molecular formula is C30H33NO6S. The van der Waals surface area contributed by atoms with Crippen molar-refractivity contribution in [2.75, 3.05) is 25.2 Å². The molecule has 2 aromatic rings. The van der Waals surface area contributed by atoms with Crippen molar-refractivity contribution in [1.82, 2.24) is 5.32 Å². The predicted octanol–water partition coefficient (Wildman–Crippen LogP) is 5.28. The number of ether oxygens (including phenoxy) is 3. The maximum absolute atomic E-state index is 13.8. The van der Waals surface area contributed by atoms with Crippen LogP contribution in [0.3, 0.4) is 0 Å². The zero-order valence-corrected chi connectivity index (χ0v) is 23.0. The maximum Gasteiger partial charge on any atom is 0.336 e. The van der Waals surface area contributed by atoms with E-state index in [0.29, 0.717) is 46.8 Å². The summed E-state index contributed by atoms with van der Waals surface area (Å²) in [7, 11) is 1.48. The van der Waals surface area contributed by atoms with E-state index in [1.165, 1.54) is 14.0 Å². The second-order valence-corrected chi connectivity index (χ2v) is 10.7. The summed E-state index contributed by atoms with van der Waals surface area (Å²) in [6.45, 7) is 5.50. The molecule has 1 heterocycles. The zero-order chi connectivity index (χ0) is 27.2. The van der Waals surface area contributed by atoms with Crippen molar-refractivity contribution < 1.29 is 28.6 Å². The Kier molecular flexibility index (Phi) is 8.94. The van der Waals surface area contributed by atoms with Crippen molar-refractivity contribution in [2.24, 2.45) is 0 Å². The highest BCUT2D eigenvalue weighted by Crippen LogP contribution is 2.47. The Morgan fingerprint density at radius 2 is 1.82 bits per heavy atom. The molecule has 0 radical (unpaired) electrons. The second-order valence-electron chi connectivity index (χ2n) is 9.26. The first-order valence-corrected chi connectivity index (χ1v) is 13.9. The van der Waals surface area contributed by atoms with E-state index in [1.807, 2.05) is 37.3 Å². The van der Waals surface area contributed by atoms with E-state index in [9.17, 15) is 14.4 Å². The zero-order valence-electron chi connectivity index (χ0n) is 22.2. The third kappa shape index (κ3) is 5.96. The largest absolute Gasteiger partial charge is 0.493 e. The number of benzene rings is 2. The van der Waals surface area contributed by atoms with Crippen LogP contribution in [0.25, 0.3) is 0 Å². The van der Waals surface area contributed by atoms with E-state index >= 15 is 0 Å². The van der Waals surface area contributed by atoms with Crippen molar-refractivity contribution >= 4 is 29.5 Å². The van der Waals surface area contributed by atoms with Crippen LogP contribution in [0.1, 0.15) is 56.6 Å². The molecule has 2 aromatic carbocycles. The molecule has 1 aliphatic heterocycles. The number of esters is 2. The third-order valence-electron chi connectivity index (χ3n) is 6.76. The lowest BCUT2D eigenvalue weighted by Gasteiger charge is -2.36. The molecule has 0 amide bonds. The minimum Gasteiger partial charge on any atom is -0.493 e. The van der Waals surface area contributed by atoms with E-state index < -0.39 is 17.9 Å². The van der Waals surface area contributed by atoms with E-state index in [-0.39, 0.29) is 24.1 Å². The van der Waals surface area contributed by atoms with Gasteiger partial charge in [0.1, 0.15) is 6.61 Å². The lowest BCUT2D eigenvalue weighted by atomic mass is 9.71. The lowest BCUT2D eigenvalue weighted by molar-refractivity contribution is -0.138. The van der Waals surface area contributed by atoms with Crippen LogP contribution in [0.2, 0.25) is 0 Å². The van der Waals surface area contributed by atoms with Crippen LogP contribution in [0.15, 0.2) is 71.1 Å². The first kappa shape index (κ1) is 27.5. The van der Waals surface area contributed by atoms with Gasteiger partial charge in [0.05, 0.1) is 12.7 Å². The van der Waals surface area contributed by atoms with Gasteiger partial charge in [0.25, 0.3) is 0 Å². The number of methoxy groups -OCH3 is 1. The van der Waals surface area contributed by atoms with Gasteiger partial charge in [-0.05, 0) is 48.3 Å². The molecule has 8 heteroatoms. The van der Waals surface area contributed by atoms with Crippen LogP contribution in [-0.2, 0) is 19.1 Å². The van der Waals surface area contributed by atoms with Gasteiger partial charge in [-0.1, -0.05) is 43.3 Å². The van der Waals surface area contributed by atoms with Crippen molar-refractivity contribution in [3.05, 3.63) is 82.2 Å². The molecule has 2 aliphatic rings. The van der Waals surface area contributed by atoms with Gasteiger partial charge in [0.2, 0.25) is 0 Å². The number of dihydropyridines is 1. The Morgan fingerprint density at radius 3 is 2.50 bits per heavy atom. The number of rotatable bonds is 9. The molecule has 200 valence electrons. The maximum atomic E-state index is 13.8. The fourth-order valence-corrected chi connectivity index (χ4v) is 5.61. The molecule has 7 nitrogen and oxygen atoms in total. The van der Waals surface area contributed by atoms with Crippen molar-refractivity contribution in [1.29, 1.82) is 0 Å². The summed E-state index contributed by atoms with van der Waals surface area (Å²) in [6.07, 6.45) is 0.995. The van der Waals surface area contributed by atoms with Gasteiger partial charge in [-0.15, -0.1) is 0 Å². The summed E-state index contributed by atoms with van der Waals surface area (Å²) >= 11 is 1.69. The summed E-state index contributed by atoms with van der Waals surface area (Å²) in [4.78, 5) is 38.8. The molecule has 38 heavy (non-hydrogen) atoms. The number of carbonyl (C=O) groups is 3. The van der Waals surface area contributed by atoms with Gasteiger partial charge >= 0.3 is 11.9 Å². The van der Waals surface area contributed by atoms with Crippen LogP contribution >= 0.6 is 11.8 Å². The Labute approximate surface area is 227 Å². The smallest absolute Gasteiger partial charge is 0.336 e. The summed E-state index contributed by atoms with van der Waals surface area (Å²) in [5.74, 6) is 0.715. The van der Waals surface area contributed by atoms with Gasteiger partial charge in [0, 0.05) is 42.0 Å². The van der Waals surface area contributed by atoms with E-state index in [1.54, 1.807) is 30.0 Å². The summed E-state index contributed by atoms with van der Waals surface area (Å²) in [5, 5.41) is 3.38. The molecule has 0 aromatic heterocycles. The molecular weight excluding hydrogens is 502 g/mol. The fourth-order valence-electron chi connectivity index (χ4n) is 5.12. The molecule has 0 unspecified atom stereocenters. The van der Waals surface area contributed by atoms with Gasteiger partial charge < -0.3 is 19.5 Å². The number of hydrogen-bond donors (Lipinski definition) is 1. The van der Waals surface area contributed by atoms with Gasteiger partial charge in [-0.25, -0.2) is 4.79 Å². The predicted molar refractivity (Wildman–Crippen MR) is 147 cm³/mol. The van der Waals surface area contributed by atoms with Gasteiger partial charge in [0.15, 0.2) is 17.3 Å². The summed E-state index contributed by atoms with van der Waals surface area (Å²) in [6, 6.07) is 15.1. The second kappa shape index (κ2) is 12.3. The number of Topliss-reactive ketones (excluding diaryl/α,β-unsaturated/α-hetero) is 1. The normalized spacial score (nSPS) is 19.0. The minimum absolute atomic E-state index is 0.0139. The van der Waals surface area contributed by atoms with E-state index in [2.05, 4.69) is 12.2 Å². The molecule has 0 fully saturated rings. The molecule has 2 atom stereocenters. The highest BCUT2D eigenvalue weighted by atomic mass is 32.2. The quantitative estimate of drug-likeness (QED) is 0.264. The van der Waals surface area contributed by atoms with Crippen molar-refractivity contribution in [2.45, 2.75) is 45.4 Å². The van der Waals surface area contributed by atoms with Crippen molar-refractivity contribution in [3.63, 3.8) is 0 Å². The summed E-state index contributed by atoms with van der Waals surface area (Å²) in [5.41, 5.74) is 4.25. The molecule has 0 spiro atoms. The van der Waals surface area contributed by atoms with Gasteiger partial charge in [-0.3, -0.25) is 9.59 Å². The third-order valence-corrected chi connectivity index (χ3v) is 7.62. The molecule has 0 saturated carbocycles. The topological polar surface area (TPSA) is 90.9 Å². The van der Waals surface area contributed by atoms with Crippen LogP contribution in [0.4, 0.5) is 0 Å². The highest BCUT2D eigenvalue weighted by Gasteiger charge is 2.41. The van der Waals surface area contributed by atoms with Crippen LogP contribution in [0, 0.1) is 0 Å². The molecule has 0 bridgehead atoms. The molecule has 0 saturated heterocycles. The summed E-state index contributed by atoms with van der Waals surface area (Å²) < 4.78 is 16.4. The standard InChI is InChI=1S/C30H33NO6S/c1-5-38-14-13-36-30(34)27-18(2)31-23-15-22(20-9-7-6-8-10-20)16-24(33)29(23)28(27)21-11-12-25(37-19(3)32)26(17-21)35-4/h6-12,17,22,28,31H,5,13-16H2,1-4H3/t22-,28-/m0/s1. The molecule has 1 N–H and O–H groups in total. The molecule has 1 aliphatic carbocycles. The van der Waals surface area contributed by atoms with E-state index in [0.717, 1.165) is 17.0 Å². The Morgan fingerprint density at radius 1 is 1.05 bits per heavy atom. The first-order chi connectivity index (χ1) is 18.3. The highest BCUT2D eigenvalue weighted by molar-refractivity contribution is 7.99. The van der Waals surface area contributed by atoms with Crippen LogP contribution in [0.5, 0.6) is 11.5 Å². The lowest BCUT2D eigenvalue weighted by Crippen LogP contribution is -2.36. The van der Waals surface area contributed by atoms with Gasteiger partial charge in [-0.2, -0.15) is 11.8 Å². The van der Waals surface area contributed by atoms with E-state index in [4.69, 9.17) is 14.2 Å². The number of carbonyl (C=O) groups excluding carboxylic acids is 3. The average molecular weight is 536 g/mol. The minimum atomic E-state index is -0.637.